The van der Waals surface area contributed by atoms with Gasteiger partial charge in [0, 0.05) is 18.0 Å². The van der Waals surface area contributed by atoms with Crippen molar-refractivity contribution < 1.29 is 9.53 Å². The van der Waals surface area contributed by atoms with Crippen LogP contribution in [0.1, 0.15) is 13.8 Å². The molecule has 0 aliphatic carbocycles. The summed E-state index contributed by atoms with van der Waals surface area (Å²) in [4.78, 5) is 24.0. The molecule has 1 saturated heterocycles. The summed E-state index contributed by atoms with van der Waals surface area (Å²) in [5, 5.41) is 4.30. The minimum atomic E-state index is -0.0175. The van der Waals surface area contributed by atoms with Crippen molar-refractivity contribution >= 4 is 56.7 Å². The Morgan fingerprint density at radius 2 is 1.49 bits per heavy atom. The molecule has 1 amide bonds. The van der Waals surface area contributed by atoms with Gasteiger partial charge in [0.25, 0.3) is 5.91 Å². The van der Waals surface area contributed by atoms with Gasteiger partial charge in [0.15, 0.2) is 5.17 Å². The number of likely N-dealkylation sites (N-methyl/N-ethyl adjacent to an activating group) is 1. The van der Waals surface area contributed by atoms with Gasteiger partial charge in [-0.05, 0) is 91.0 Å². The third kappa shape index (κ3) is 5.07. The SMILES string of the molecule is CCN1C(=O)/C(=C\C=C2/Sc3c(ccc4ccccc34)N2CC)SC1=Nc1ccc(Oc2ccccc2)cc1. The highest BCUT2D eigenvalue weighted by atomic mass is 32.2. The minimum Gasteiger partial charge on any atom is -0.457 e. The van der Waals surface area contributed by atoms with Gasteiger partial charge in [-0.15, -0.1) is 0 Å². The number of hydrogen-bond donors (Lipinski definition) is 0. The van der Waals surface area contributed by atoms with Crippen molar-refractivity contribution in [2.75, 3.05) is 18.0 Å². The van der Waals surface area contributed by atoms with Crippen LogP contribution in [0.25, 0.3) is 10.8 Å². The molecule has 5 nitrogen and oxygen atoms in total. The van der Waals surface area contributed by atoms with Gasteiger partial charge >= 0.3 is 0 Å². The molecule has 0 atom stereocenters. The maximum Gasteiger partial charge on any atom is 0.266 e. The van der Waals surface area contributed by atoms with Crippen molar-refractivity contribution in [3.05, 3.63) is 113 Å². The lowest BCUT2D eigenvalue weighted by Gasteiger charge is -2.17. The second-order valence-electron chi connectivity index (χ2n) is 8.97. The van der Waals surface area contributed by atoms with Gasteiger partial charge in [-0.25, -0.2) is 4.99 Å². The fourth-order valence-electron chi connectivity index (χ4n) is 4.63. The molecule has 0 bridgehead atoms. The number of ether oxygens (including phenoxy) is 1. The van der Waals surface area contributed by atoms with Crippen molar-refractivity contribution in [2.24, 2.45) is 4.99 Å². The third-order valence-electron chi connectivity index (χ3n) is 6.56. The van der Waals surface area contributed by atoms with E-state index in [1.165, 1.54) is 33.1 Å². The molecule has 0 aromatic heterocycles. The molecule has 0 N–H and O–H groups in total. The summed E-state index contributed by atoms with van der Waals surface area (Å²) in [6, 6.07) is 30.1. The Balaban J connectivity index is 1.23. The molecular formula is C32H27N3O2S2. The monoisotopic (exact) mass is 549 g/mol. The van der Waals surface area contributed by atoms with Crippen molar-refractivity contribution in [1.29, 1.82) is 0 Å². The molecule has 2 aliphatic heterocycles. The van der Waals surface area contributed by atoms with Crippen LogP contribution < -0.4 is 9.64 Å². The van der Waals surface area contributed by atoms with Crippen molar-refractivity contribution in [1.82, 2.24) is 4.90 Å². The number of thioether (sulfide) groups is 2. The molecule has 194 valence electrons. The number of hydrogen-bond acceptors (Lipinski definition) is 6. The van der Waals surface area contributed by atoms with E-state index in [-0.39, 0.29) is 5.91 Å². The Morgan fingerprint density at radius 1 is 0.769 bits per heavy atom. The van der Waals surface area contributed by atoms with E-state index in [0.717, 1.165) is 28.8 Å². The summed E-state index contributed by atoms with van der Waals surface area (Å²) in [7, 11) is 0. The Labute approximate surface area is 236 Å². The number of amidine groups is 1. The average molecular weight is 550 g/mol. The van der Waals surface area contributed by atoms with Gasteiger partial charge < -0.3 is 9.64 Å². The van der Waals surface area contributed by atoms with Crippen LogP contribution in [-0.4, -0.2) is 29.1 Å². The number of anilines is 1. The van der Waals surface area contributed by atoms with Crippen LogP contribution in [0.2, 0.25) is 0 Å². The molecule has 0 spiro atoms. The highest BCUT2D eigenvalue weighted by Crippen LogP contribution is 2.49. The van der Waals surface area contributed by atoms with Gasteiger partial charge in [0.05, 0.1) is 21.3 Å². The number of fused-ring (bicyclic) bond motifs is 3. The van der Waals surface area contributed by atoms with E-state index in [0.29, 0.717) is 16.6 Å². The molecule has 2 aliphatic rings. The number of amides is 1. The molecular weight excluding hydrogens is 523 g/mol. The first-order valence-electron chi connectivity index (χ1n) is 12.9. The van der Waals surface area contributed by atoms with Crippen LogP contribution in [0.3, 0.4) is 0 Å². The predicted molar refractivity (Wildman–Crippen MR) is 164 cm³/mol. The molecule has 4 aromatic carbocycles. The van der Waals surface area contributed by atoms with Gasteiger partial charge in [-0.2, -0.15) is 0 Å². The first-order valence-corrected chi connectivity index (χ1v) is 14.6. The number of carbonyl (C=O) groups is 1. The molecule has 1 fully saturated rings. The van der Waals surface area contributed by atoms with Crippen LogP contribution >= 0.6 is 23.5 Å². The van der Waals surface area contributed by atoms with E-state index >= 15 is 0 Å². The molecule has 2 heterocycles. The van der Waals surface area contributed by atoms with Gasteiger partial charge in [-0.1, -0.05) is 60.3 Å². The number of para-hydroxylation sites is 1. The Bertz CT molecular complexity index is 1630. The summed E-state index contributed by atoms with van der Waals surface area (Å²) in [6.45, 7) is 5.54. The average Bonchev–Trinajstić information content (AvgIpc) is 3.49. The topological polar surface area (TPSA) is 45.1 Å². The molecule has 39 heavy (non-hydrogen) atoms. The second kappa shape index (κ2) is 11.0. The zero-order chi connectivity index (χ0) is 26.8. The van der Waals surface area contributed by atoms with Crippen LogP contribution in [0.4, 0.5) is 11.4 Å². The molecule has 0 radical (unpaired) electrons. The molecule has 4 aromatic rings. The fourth-order valence-corrected chi connectivity index (χ4v) is 6.90. The Hall–Kier alpha value is -3.94. The lowest BCUT2D eigenvalue weighted by molar-refractivity contribution is -0.122. The lowest BCUT2D eigenvalue weighted by atomic mass is 10.1. The van der Waals surface area contributed by atoms with E-state index in [1.54, 1.807) is 16.7 Å². The molecule has 0 saturated carbocycles. The summed E-state index contributed by atoms with van der Waals surface area (Å²) in [5.74, 6) is 1.51. The van der Waals surface area contributed by atoms with Crippen LogP contribution in [0, 0.1) is 0 Å². The molecule has 6 rings (SSSR count). The summed E-state index contributed by atoms with van der Waals surface area (Å²) in [6.07, 6.45) is 4.00. The summed E-state index contributed by atoms with van der Waals surface area (Å²) in [5.41, 5.74) is 1.99. The summed E-state index contributed by atoms with van der Waals surface area (Å²) >= 11 is 3.18. The number of benzene rings is 4. The highest BCUT2D eigenvalue weighted by molar-refractivity contribution is 8.18. The highest BCUT2D eigenvalue weighted by Gasteiger charge is 2.32. The second-order valence-corrected chi connectivity index (χ2v) is 11.0. The Morgan fingerprint density at radius 3 is 2.26 bits per heavy atom. The smallest absolute Gasteiger partial charge is 0.266 e. The van der Waals surface area contributed by atoms with E-state index in [4.69, 9.17) is 9.73 Å². The quantitative estimate of drug-likeness (QED) is 0.225. The summed E-state index contributed by atoms with van der Waals surface area (Å²) < 4.78 is 5.89. The van der Waals surface area contributed by atoms with E-state index < -0.39 is 0 Å². The predicted octanol–water partition coefficient (Wildman–Crippen LogP) is 8.57. The first kappa shape index (κ1) is 25.3. The van der Waals surface area contributed by atoms with Gasteiger partial charge in [0.2, 0.25) is 0 Å². The van der Waals surface area contributed by atoms with E-state index in [2.05, 4.69) is 54.3 Å². The molecule has 0 unspecified atom stereocenters. The Kier molecular flexibility index (Phi) is 7.18. The standard InChI is InChI=1S/C32H27N3O2S2/c1-3-34-27-19-14-22-10-8-9-13-26(22)30(27)39-29(34)21-20-28-31(36)35(4-2)32(38-28)33-23-15-17-25(18-16-23)37-24-11-6-5-7-12-24/h5-21H,3-4H2,1-2H3/b28-20+,29-21-,33-32?. The van der Waals surface area contributed by atoms with Crippen LogP contribution in [0.5, 0.6) is 11.5 Å². The van der Waals surface area contributed by atoms with Crippen LogP contribution in [-0.2, 0) is 4.79 Å². The number of carbonyl (C=O) groups excluding carboxylic acids is 1. The van der Waals surface area contributed by atoms with Gasteiger partial charge in [0.1, 0.15) is 11.5 Å². The first-order chi connectivity index (χ1) is 19.1. The third-order valence-corrected chi connectivity index (χ3v) is 8.78. The number of nitrogens with zero attached hydrogens (tertiary/aromatic N) is 3. The number of aliphatic imine (C=N–C) groups is 1. The van der Waals surface area contributed by atoms with Gasteiger partial charge in [-0.3, -0.25) is 9.69 Å². The van der Waals surface area contributed by atoms with Crippen molar-refractivity contribution in [3.63, 3.8) is 0 Å². The van der Waals surface area contributed by atoms with E-state index in [1.807, 2.05) is 67.6 Å². The van der Waals surface area contributed by atoms with Crippen LogP contribution in [0.15, 0.2) is 123 Å². The zero-order valence-electron chi connectivity index (χ0n) is 21.7. The van der Waals surface area contributed by atoms with Crippen molar-refractivity contribution in [2.45, 2.75) is 18.7 Å². The molecule has 7 heteroatoms. The van der Waals surface area contributed by atoms with E-state index in [9.17, 15) is 4.79 Å². The number of rotatable bonds is 6. The fraction of sp³-hybridized carbons (Fsp3) is 0.125. The lowest BCUT2D eigenvalue weighted by Crippen LogP contribution is -2.28. The minimum absolute atomic E-state index is 0.0175. The van der Waals surface area contributed by atoms with Crippen molar-refractivity contribution in [3.8, 4) is 11.5 Å². The number of allylic oxidation sites excluding steroid dienone is 2. The maximum atomic E-state index is 13.2. The maximum absolute atomic E-state index is 13.2. The largest absolute Gasteiger partial charge is 0.457 e. The zero-order valence-corrected chi connectivity index (χ0v) is 23.3. The normalized spacial score (nSPS) is 18.1.